The third-order valence-electron chi connectivity index (χ3n) is 3.07. The molecule has 0 bridgehead atoms. The van der Waals surface area contributed by atoms with Crippen LogP contribution < -0.4 is 10.6 Å². The predicted octanol–water partition coefficient (Wildman–Crippen LogP) is 4.29. The highest BCUT2D eigenvalue weighted by Gasteiger charge is 2.13. The number of rotatable bonds is 3. The minimum atomic E-state index is -0.547. The molecule has 9 heteroatoms. The second-order valence-electron chi connectivity index (χ2n) is 4.79. The van der Waals surface area contributed by atoms with Gasteiger partial charge in [-0.05, 0) is 65.5 Å². The summed E-state index contributed by atoms with van der Waals surface area (Å²) in [7, 11) is 0. The van der Waals surface area contributed by atoms with Crippen molar-refractivity contribution in [1.29, 1.82) is 0 Å². The highest BCUT2D eigenvalue weighted by atomic mass is 127. The van der Waals surface area contributed by atoms with Crippen LogP contribution in [-0.4, -0.2) is 15.9 Å². The average molecular weight is 476 g/mol. The van der Waals surface area contributed by atoms with Gasteiger partial charge in [0.1, 0.15) is 0 Å². The summed E-state index contributed by atoms with van der Waals surface area (Å²) >= 11 is 13.2. The van der Waals surface area contributed by atoms with Crippen molar-refractivity contribution < 1.29 is 9.72 Å². The van der Waals surface area contributed by atoms with Crippen LogP contribution in [0.2, 0.25) is 5.02 Å². The lowest BCUT2D eigenvalue weighted by Crippen LogP contribution is -2.34. The zero-order valence-electron chi connectivity index (χ0n) is 12.3. The first kappa shape index (κ1) is 18.6. The van der Waals surface area contributed by atoms with E-state index in [4.69, 9.17) is 23.8 Å². The maximum Gasteiger partial charge on any atom is 0.271 e. The maximum absolute atomic E-state index is 12.2. The normalized spacial score (nSPS) is 10.1. The standard InChI is InChI=1S/C15H11ClIN3O3S/c1-8-2-3-9(6-12(8)17)14(21)19-15(24)18-13-5-4-10(20(22)23)7-11(13)16/h2-7H,1H3,(H2,18,19,21,24). The van der Waals surface area contributed by atoms with Crippen molar-refractivity contribution in [2.24, 2.45) is 0 Å². The van der Waals surface area contributed by atoms with Gasteiger partial charge in [-0.1, -0.05) is 17.7 Å². The summed E-state index contributed by atoms with van der Waals surface area (Å²) in [6.45, 7) is 1.95. The van der Waals surface area contributed by atoms with Crippen molar-refractivity contribution in [3.8, 4) is 0 Å². The van der Waals surface area contributed by atoms with Gasteiger partial charge in [-0.3, -0.25) is 20.2 Å². The summed E-state index contributed by atoms with van der Waals surface area (Å²) in [5, 5.41) is 16.1. The first-order valence-electron chi connectivity index (χ1n) is 6.60. The van der Waals surface area contributed by atoms with Crippen LogP contribution in [0.25, 0.3) is 0 Å². The van der Waals surface area contributed by atoms with Crippen LogP contribution in [0.3, 0.4) is 0 Å². The Labute approximate surface area is 161 Å². The fourth-order valence-corrected chi connectivity index (χ4v) is 2.72. The van der Waals surface area contributed by atoms with E-state index in [1.807, 2.05) is 13.0 Å². The second kappa shape index (κ2) is 7.86. The number of carbonyl (C=O) groups excluding carboxylic acids is 1. The van der Waals surface area contributed by atoms with Gasteiger partial charge in [0.05, 0.1) is 15.6 Å². The van der Waals surface area contributed by atoms with Crippen LogP contribution in [0.1, 0.15) is 15.9 Å². The van der Waals surface area contributed by atoms with Gasteiger partial charge in [0.15, 0.2) is 5.11 Å². The molecule has 2 aromatic carbocycles. The van der Waals surface area contributed by atoms with E-state index in [-0.39, 0.29) is 21.7 Å². The largest absolute Gasteiger partial charge is 0.331 e. The van der Waals surface area contributed by atoms with Crippen molar-refractivity contribution in [3.05, 3.63) is 66.2 Å². The molecule has 2 rings (SSSR count). The zero-order valence-corrected chi connectivity index (χ0v) is 16.0. The smallest absolute Gasteiger partial charge is 0.271 e. The molecule has 0 saturated heterocycles. The Morgan fingerprint density at radius 3 is 2.58 bits per heavy atom. The number of nitrogens with zero attached hydrogens (tertiary/aromatic N) is 1. The number of nitrogens with one attached hydrogen (secondary N) is 2. The molecule has 0 saturated carbocycles. The minimum Gasteiger partial charge on any atom is -0.331 e. The number of hydrogen-bond donors (Lipinski definition) is 2. The minimum absolute atomic E-state index is 0.0475. The Balaban J connectivity index is 2.06. The molecular weight excluding hydrogens is 465 g/mol. The predicted molar refractivity (Wildman–Crippen MR) is 106 cm³/mol. The molecule has 0 unspecified atom stereocenters. The van der Waals surface area contributed by atoms with Gasteiger partial charge in [-0.15, -0.1) is 0 Å². The molecule has 0 aromatic heterocycles. The maximum atomic E-state index is 12.2. The Bertz CT molecular complexity index is 845. The van der Waals surface area contributed by atoms with E-state index in [1.165, 1.54) is 18.2 Å². The zero-order chi connectivity index (χ0) is 17.9. The summed E-state index contributed by atoms with van der Waals surface area (Å²) in [5.74, 6) is -0.358. The number of thiocarbonyl (C=S) groups is 1. The quantitative estimate of drug-likeness (QED) is 0.299. The van der Waals surface area contributed by atoms with E-state index in [0.29, 0.717) is 11.3 Å². The van der Waals surface area contributed by atoms with E-state index in [2.05, 4.69) is 33.2 Å². The van der Waals surface area contributed by atoms with Crippen LogP contribution in [0.15, 0.2) is 36.4 Å². The third kappa shape index (κ3) is 4.62. The van der Waals surface area contributed by atoms with Gasteiger partial charge < -0.3 is 5.32 Å². The summed E-state index contributed by atoms with van der Waals surface area (Å²) in [6.07, 6.45) is 0. The van der Waals surface area contributed by atoms with Crippen LogP contribution in [0.4, 0.5) is 11.4 Å². The molecule has 0 aliphatic carbocycles. The number of nitro benzene ring substituents is 1. The highest BCUT2D eigenvalue weighted by Crippen LogP contribution is 2.26. The number of non-ortho nitro benzene ring substituents is 1. The molecule has 0 radical (unpaired) electrons. The Morgan fingerprint density at radius 2 is 2.00 bits per heavy atom. The Morgan fingerprint density at radius 1 is 1.29 bits per heavy atom. The number of anilines is 1. The number of carbonyl (C=O) groups is 1. The lowest BCUT2D eigenvalue weighted by molar-refractivity contribution is -0.384. The first-order chi connectivity index (χ1) is 11.3. The average Bonchev–Trinajstić information content (AvgIpc) is 2.51. The number of amides is 1. The van der Waals surface area contributed by atoms with Crippen molar-refractivity contribution in [2.45, 2.75) is 6.92 Å². The van der Waals surface area contributed by atoms with E-state index in [0.717, 1.165) is 9.13 Å². The van der Waals surface area contributed by atoms with Gasteiger partial charge in [0, 0.05) is 21.3 Å². The summed E-state index contributed by atoms with van der Waals surface area (Å²) in [6, 6.07) is 9.23. The van der Waals surface area contributed by atoms with E-state index >= 15 is 0 Å². The summed E-state index contributed by atoms with van der Waals surface area (Å²) < 4.78 is 0.970. The second-order valence-corrected chi connectivity index (χ2v) is 6.77. The summed E-state index contributed by atoms with van der Waals surface area (Å²) in [4.78, 5) is 22.3. The molecule has 0 aliphatic heterocycles. The molecular formula is C15H11ClIN3O3S. The monoisotopic (exact) mass is 475 g/mol. The summed E-state index contributed by atoms with van der Waals surface area (Å²) in [5.41, 5.74) is 1.79. The molecule has 0 atom stereocenters. The Kier molecular flexibility index (Phi) is 6.08. The van der Waals surface area contributed by atoms with Crippen molar-refractivity contribution in [2.75, 3.05) is 5.32 Å². The van der Waals surface area contributed by atoms with Gasteiger partial charge in [0.2, 0.25) is 0 Å². The van der Waals surface area contributed by atoms with Crippen LogP contribution in [0, 0.1) is 20.6 Å². The van der Waals surface area contributed by atoms with Crippen molar-refractivity contribution >= 4 is 68.8 Å². The van der Waals surface area contributed by atoms with Gasteiger partial charge >= 0.3 is 0 Å². The first-order valence-corrected chi connectivity index (χ1v) is 8.47. The number of aryl methyl sites for hydroxylation is 1. The number of hydrogen-bond acceptors (Lipinski definition) is 4. The number of halogens is 2. The molecule has 0 aliphatic rings. The van der Waals surface area contributed by atoms with Crippen LogP contribution >= 0.6 is 46.4 Å². The Hall–Kier alpha value is -1.78. The van der Waals surface area contributed by atoms with E-state index in [9.17, 15) is 14.9 Å². The molecule has 0 spiro atoms. The molecule has 124 valence electrons. The molecule has 1 amide bonds. The van der Waals surface area contributed by atoms with E-state index < -0.39 is 4.92 Å². The number of nitro groups is 1. The van der Waals surface area contributed by atoms with Gasteiger partial charge in [0.25, 0.3) is 11.6 Å². The fourth-order valence-electron chi connectivity index (χ4n) is 1.78. The molecule has 0 heterocycles. The van der Waals surface area contributed by atoms with E-state index in [1.54, 1.807) is 12.1 Å². The highest BCUT2D eigenvalue weighted by molar-refractivity contribution is 14.1. The van der Waals surface area contributed by atoms with Gasteiger partial charge in [-0.25, -0.2) is 0 Å². The van der Waals surface area contributed by atoms with Crippen LogP contribution in [-0.2, 0) is 0 Å². The van der Waals surface area contributed by atoms with Crippen molar-refractivity contribution in [1.82, 2.24) is 5.32 Å². The topological polar surface area (TPSA) is 84.3 Å². The molecule has 24 heavy (non-hydrogen) atoms. The SMILES string of the molecule is Cc1ccc(C(=O)NC(=S)Nc2ccc([N+](=O)[O-])cc2Cl)cc1I. The lowest BCUT2D eigenvalue weighted by Gasteiger charge is -2.11. The van der Waals surface area contributed by atoms with Gasteiger partial charge in [-0.2, -0.15) is 0 Å². The van der Waals surface area contributed by atoms with Crippen molar-refractivity contribution in [3.63, 3.8) is 0 Å². The third-order valence-corrected chi connectivity index (χ3v) is 4.75. The lowest BCUT2D eigenvalue weighted by atomic mass is 10.1. The number of benzene rings is 2. The molecule has 2 aromatic rings. The molecule has 0 fully saturated rings. The molecule has 6 nitrogen and oxygen atoms in total. The fraction of sp³-hybridized carbons (Fsp3) is 0.0667. The molecule has 2 N–H and O–H groups in total. The van der Waals surface area contributed by atoms with Crippen LogP contribution in [0.5, 0.6) is 0 Å².